The average molecular weight is 290 g/mol. The number of carbonyl (C=O) groups is 2. The number of carbonyl (C=O) groups excluding carboxylic acids is 1. The first-order valence-electron chi connectivity index (χ1n) is 7.33. The van der Waals surface area contributed by atoms with Crippen molar-refractivity contribution in [2.45, 2.75) is 45.3 Å². The summed E-state index contributed by atoms with van der Waals surface area (Å²) in [5.41, 5.74) is 1.03. The van der Waals surface area contributed by atoms with Crippen molar-refractivity contribution in [2.24, 2.45) is 5.92 Å². The molecule has 0 aliphatic heterocycles. The van der Waals surface area contributed by atoms with Crippen LogP contribution in [0.2, 0.25) is 0 Å². The van der Waals surface area contributed by atoms with Crippen molar-refractivity contribution in [3.63, 3.8) is 0 Å². The predicted octanol–water partition coefficient (Wildman–Crippen LogP) is 2.47. The zero-order valence-electron chi connectivity index (χ0n) is 12.5. The zero-order chi connectivity index (χ0) is 15.4. The van der Waals surface area contributed by atoms with Crippen LogP contribution in [0.15, 0.2) is 30.3 Å². The SMILES string of the molecule is CC(C)N(Cc1ccccc1)C(=O)NC(C(=O)O)C1CC1. The maximum absolute atomic E-state index is 12.4. The van der Waals surface area contributed by atoms with Gasteiger partial charge >= 0.3 is 12.0 Å². The number of carboxylic acid groups (broad SMARTS) is 1. The first kappa shape index (κ1) is 15.4. The summed E-state index contributed by atoms with van der Waals surface area (Å²) >= 11 is 0. The van der Waals surface area contributed by atoms with Crippen molar-refractivity contribution >= 4 is 12.0 Å². The molecule has 1 aliphatic carbocycles. The van der Waals surface area contributed by atoms with Gasteiger partial charge in [0.25, 0.3) is 0 Å². The van der Waals surface area contributed by atoms with Gasteiger partial charge in [-0.25, -0.2) is 9.59 Å². The van der Waals surface area contributed by atoms with Gasteiger partial charge in [-0.1, -0.05) is 30.3 Å². The monoisotopic (exact) mass is 290 g/mol. The van der Waals surface area contributed by atoms with E-state index < -0.39 is 12.0 Å². The Morgan fingerprint density at radius 3 is 2.38 bits per heavy atom. The standard InChI is InChI=1S/C16H22N2O3/c1-11(2)18(10-12-6-4-3-5-7-12)16(21)17-14(15(19)20)13-8-9-13/h3-7,11,13-14H,8-10H2,1-2H3,(H,17,21)(H,19,20). The molecule has 2 amide bonds. The van der Waals surface area contributed by atoms with Crippen LogP contribution in [0.1, 0.15) is 32.3 Å². The highest BCUT2D eigenvalue weighted by Crippen LogP contribution is 2.32. The van der Waals surface area contributed by atoms with Crippen molar-refractivity contribution in [3.8, 4) is 0 Å². The molecule has 21 heavy (non-hydrogen) atoms. The number of carboxylic acids is 1. The fourth-order valence-electron chi connectivity index (χ4n) is 2.30. The van der Waals surface area contributed by atoms with E-state index in [2.05, 4.69) is 5.32 Å². The number of rotatable bonds is 6. The van der Waals surface area contributed by atoms with Gasteiger partial charge in [-0.2, -0.15) is 0 Å². The van der Waals surface area contributed by atoms with Gasteiger partial charge in [0.05, 0.1) is 0 Å². The van der Waals surface area contributed by atoms with E-state index >= 15 is 0 Å². The molecule has 1 fully saturated rings. The van der Waals surface area contributed by atoms with Crippen LogP contribution in [0.25, 0.3) is 0 Å². The summed E-state index contributed by atoms with van der Waals surface area (Å²) in [7, 11) is 0. The number of benzene rings is 1. The Balaban J connectivity index is 2.03. The number of aliphatic carboxylic acids is 1. The lowest BCUT2D eigenvalue weighted by Crippen LogP contribution is -2.50. The topological polar surface area (TPSA) is 69.6 Å². The number of nitrogens with one attached hydrogen (secondary N) is 1. The van der Waals surface area contributed by atoms with E-state index in [9.17, 15) is 14.7 Å². The molecule has 5 heteroatoms. The molecule has 1 atom stereocenters. The second-order valence-corrected chi connectivity index (χ2v) is 5.81. The Hall–Kier alpha value is -2.04. The first-order valence-corrected chi connectivity index (χ1v) is 7.33. The molecule has 0 bridgehead atoms. The maximum atomic E-state index is 12.4. The highest BCUT2D eigenvalue weighted by molar-refractivity contribution is 5.83. The Bertz CT molecular complexity index is 498. The summed E-state index contributed by atoms with van der Waals surface area (Å²) in [6.07, 6.45) is 1.75. The number of nitrogens with zero attached hydrogens (tertiary/aromatic N) is 1. The fraction of sp³-hybridized carbons (Fsp3) is 0.500. The van der Waals surface area contributed by atoms with Crippen LogP contribution in [-0.2, 0) is 11.3 Å². The number of amides is 2. The minimum atomic E-state index is -0.950. The van der Waals surface area contributed by atoms with E-state index in [1.807, 2.05) is 44.2 Å². The van der Waals surface area contributed by atoms with Crippen LogP contribution >= 0.6 is 0 Å². The quantitative estimate of drug-likeness (QED) is 0.845. The highest BCUT2D eigenvalue weighted by atomic mass is 16.4. The molecule has 0 heterocycles. The van der Waals surface area contributed by atoms with E-state index in [-0.39, 0.29) is 18.0 Å². The normalized spacial score (nSPS) is 15.6. The molecule has 2 N–H and O–H groups in total. The predicted molar refractivity (Wildman–Crippen MR) is 79.8 cm³/mol. The Labute approximate surface area is 125 Å². The number of hydrogen-bond donors (Lipinski definition) is 2. The molecule has 2 rings (SSSR count). The average Bonchev–Trinajstić information content (AvgIpc) is 3.26. The lowest BCUT2D eigenvalue weighted by molar-refractivity contribution is -0.139. The van der Waals surface area contributed by atoms with E-state index in [1.165, 1.54) is 0 Å². The minimum absolute atomic E-state index is 0.00106. The fourth-order valence-corrected chi connectivity index (χ4v) is 2.30. The summed E-state index contributed by atoms with van der Waals surface area (Å²) in [5.74, 6) is -0.869. The van der Waals surface area contributed by atoms with Gasteiger partial charge in [-0.15, -0.1) is 0 Å². The first-order chi connectivity index (χ1) is 9.99. The second-order valence-electron chi connectivity index (χ2n) is 5.81. The van der Waals surface area contributed by atoms with Crippen LogP contribution in [0.3, 0.4) is 0 Å². The van der Waals surface area contributed by atoms with Gasteiger partial charge in [0.1, 0.15) is 6.04 Å². The van der Waals surface area contributed by atoms with E-state index in [1.54, 1.807) is 4.90 Å². The van der Waals surface area contributed by atoms with Gasteiger partial charge in [-0.05, 0) is 38.2 Å². The Morgan fingerprint density at radius 2 is 1.90 bits per heavy atom. The third-order valence-electron chi connectivity index (χ3n) is 3.72. The summed E-state index contributed by atoms with van der Waals surface area (Å²) in [6, 6.07) is 8.61. The Kier molecular flexibility index (Phi) is 4.83. The third kappa shape index (κ3) is 4.21. The lowest BCUT2D eigenvalue weighted by atomic mass is 10.1. The van der Waals surface area contributed by atoms with E-state index in [0.717, 1.165) is 18.4 Å². The summed E-state index contributed by atoms with van der Waals surface area (Å²) in [6.45, 7) is 4.33. The van der Waals surface area contributed by atoms with Crippen molar-refractivity contribution in [3.05, 3.63) is 35.9 Å². The molecule has 1 unspecified atom stereocenters. The third-order valence-corrected chi connectivity index (χ3v) is 3.72. The summed E-state index contributed by atoms with van der Waals surface area (Å²) in [4.78, 5) is 25.3. The van der Waals surface area contributed by atoms with Gasteiger partial charge in [-0.3, -0.25) is 0 Å². The van der Waals surface area contributed by atoms with Gasteiger partial charge < -0.3 is 15.3 Å². The minimum Gasteiger partial charge on any atom is -0.480 e. The van der Waals surface area contributed by atoms with Gasteiger partial charge in [0, 0.05) is 12.6 Å². The highest BCUT2D eigenvalue weighted by Gasteiger charge is 2.38. The second kappa shape index (κ2) is 6.61. The molecule has 0 saturated heterocycles. The molecule has 114 valence electrons. The van der Waals surface area contributed by atoms with E-state index in [0.29, 0.717) is 6.54 Å². The molecular weight excluding hydrogens is 268 g/mol. The summed E-state index contributed by atoms with van der Waals surface area (Å²) in [5, 5.41) is 11.9. The summed E-state index contributed by atoms with van der Waals surface area (Å²) < 4.78 is 0. The van der Waals surface area contributed by atoms with Crippen LogP contribution < -0.4 is 5.32 Å². The van der Waals surface area contributed by atoms with Crippen LogP contribution in [0.4, 0.5) is 4.79 Å². The Morgan fingerprint density at radius 1 is 1.29 bits per heavy atom. The maximum Gasteiger partial charge on any atom is 0.326 e. The van der Waals surface area contributed by atoms with Crippen LogP contribution in [0, 0.1) is 5.92 Å². The lowest BCUT2D eigenvalue weighted by Gasteiger charge is -2.28. The molecule has 5 nitrogen and oxygen atoms in total. The molecule has 0 spiro atoms. The molecular formula is C16H22N2O3. The van der Waals surface area contributed by atoms with Crippen molar-refractivity contribution in [1.82, 2.24) is 10.2 Å². The number of urea groups is 1. The van der Waals surface area contributed by atoms with Gasteiger partial charge in [0.2, 0.25) is 0 Å². The van der Waals surface area contributed by atoms with Crippen LogP contribution in [-0.4, -0.2) is 34.1 Å². The smallest absolute Gasteiger partial charge is 0.326 e. The zero-order valence-corrected chi connectivity index (χ0v) is 12.5. The van der Waals surface area contributed by atoms with Crippen LogP contribution in [0.5, 0.6) is 0 Å². The van der Waals surface area contributed by atoms with E-state index in [4.69, 9.17) is 0 Å². The number of hydrogen-bond acceptors (Lipinski definition) is 2. The molecule has 1 saturated carbocycles. The van der Waals surface area contributed by atoms with Crippen molar-refractivity contribution < 1.29 is 14.7 Å². The van der Waals surface area contributed by atoms with Gasteiger partial charge in [0.15, 0.2) is 0 Å². The van der Waals surface area contributed by atoms with Crippen molar-refractivity contribution in [1.29, 1.82) is 0 Å². The molecule has 0 aromatic heterocycles. The molecule has 1 aliphatic rings. The molecule has 1 aromatic carbocycles. The van der Waals surface area contributed by atoms with Crippen molar-refractivity contribution in [2.75, 3.05) is 0 Å². The molecule has 0 radical (unpaired) electrons. The largest absolute Gasteiger partial charge is 0.480 e. The molecule has 1 aromatic rings.